The molecule has 0 heterocycles. The molecule has 0 aliphatic heterocycles. The Morgan fingerprint density at radius 2 is 2.12 bits per heavy atom. The molecule has 0 radical (unpaired) electrons. The van der Waals surface area contributed by atoms with Crippen molar-refractivity contribution in [1.82, 2.24) is 0 Å². The highest BCUT2D eigenvalue weighted by molar-refractivity contribution is 9.10. The predicted molar refractivity (Wildman–Crippen MR) is 74.9 cm³/mol. The van der Waals surface area contributed by atoms with Crippen LogP contribution >= 0.6 is 15.9 Å². The average Bonchev–Trinajstić information content (AvgIpc) is 2.35. The Bertz CT molecular complexity index is 350. The van der Waals surface area contributed by atoms with Crippen LogP contribution in [0.5, 0.6) is 11.5 Å². The number of allylic oxidation sites excluding steroid dienone is 1. The third kappa shape index (κ3) is 5.26. The number of unbranched alkanes of at least 4 members (excludes halogenated alkanes) is 3. The lowest BCUT2D eigenvalue weighted by molar-refractivity contribution is 0.303. The number of ether oxygens (including phenoxy) is 2. The van der Waals surface area contributed by atoms with E-state index in [0.29, 0.717) is 0 Å². The van der Waals surface area contributed by atoms with Gasteiger partial charge < -0.3 is 9.47 Å². The molecule has 0 N–H and O–H groups in total. The average molecular weight is 299 g/mol. The van der Waals surface area contributed by atoms with E-state index >= 15 is 0 Å². The van der Waals surface area contributed by atoms with Gasteiger partial charge in [-0.25, -0.2) is 0 Å². The molecule has 1 aromatic rings. The van der Waals surface area contributed by atoms with Crippen LogP contribution in [-0.2, 0) is 0 Å². The third-order valence-electron chi connectivity index (χ3n) is 2.45. The zero-order valence-corrected chi connectivity index (χ0v) is 11.8. The highest BCUT2D eigenvalue weighted by atomic mass is 79.9. The molecule has 0 bridgehead atoms. The van der Waals surface area contributed by atoms with Crippen molar-refractivity contribution in [2.24, 2.45) is 0 Å². The first-order chi connectivity index (χ1) is 8.27. The van der Waals surface area contributed by atoms with Crippen molar-refractivity contribution in [3.63, 3.8) is 0 Å². The Kier molecular flexibility index (Phi) is 6.78. The SMILES string of the molecule is C=CCCCCCOc1ccc(OC)cc1Br. The van der Waals surface area contributed by atoms with Gasteiger partial charge in [0.1, 0.15) is 11.5 Å². The molecule has 0 spiro atoms. The van der Waals surface area contributed by atoms with Gasteiger partial charge in [-0.2, -0.15) is 0 Å². The quantitative estimate of drug-likeness (QED) is 0.516. The molecule has 17 heavy (non-hydrogen) atoms. The molecule has 3 heteroatoms. The van der Waals surface area contributed by atoms with Crippen molar-refractivity contribution >= 4 is 15.9 Å². The number of rotatable bonds is 8. The second kappa shape index (κ2) is 8.18. The summed E-state index contributed by atoms with van der Waals surface area (Å²) < 4.78 is 11.7. The Morgan fingerprint density at radius 1 is 1.29 bits per heavy atom. The first-order valence-electron chi connectivity index (χ1n) is 5.85. The van der Waals surface area contributed by atoms with Gasteiger partial charge in [-0.1, -0.05) is 6.08 Å². The topological polar surface area (TPSA) is 18.5 Å². The van der Waals surface area contributed by atoms with Crippen LogP contribution in [0.15, 0.2) is 35.3 Å². The maximum absolute atomic E-state index is 5.69. The first-order valence-corrected chi connectivity index (χ1v) is 6.64. The molecule has 0 amide bonds. The van der Waals surface area contributed by atoms with Crippen LogP contribution in [0.3, 0.4) is 0 Å². The maximum Gasteiger partial charge on any atom is 0.133 e. The fraction of sp³-hybridized carbons (Fsp3) is 0.429. The van der Waals surface area contributed by atoms with E-state index in [2.05, 4.69) is 22.5 Å². The molecule has 1 rings (SSSR count). The molecule has 0 saturated carbocycles. The van der Waals surface area contributed by atoms with E-state index in [9.17, 15) is 0 Å². The smallest absolute Gasteiger partial charge is 0.133 e. The van der Waals surface area contributed by atoms with Gasteiger partial charge in [0.05, 0.1) is 18.2 Å². The third-order valence-corrected chi connectivity index (χ3v) is 3.07. The monoisotopic (exact) mass is 298 g/mol. The zero-order chi connectivity index (χ0) is 12.5. The van der Waals surface area contributed by atoms with Crippen LogP contribution in [0.4, 0.5) is 0 Å². The first kappa shape index (κ1) is 14.1. The number of methoxy groups -OCH3 is 1. The van der Waals surface area contributed by atoms with E-state index in [1.54, 1.807) is 7.11 Å². The van der Waals surface area contributed by atoms with E-state index < -0.39 is 0 Å². The largest absolute Gasteiger partial charge is 0.497 e. The van der Waals surface area contributed by atoms with Crippen molar-refractivity contribution in [2.75, 3.05) is 13.7 Å². The van der Waals surface area contributed by atoms with Gasteiger partial charge in [0.25, 0.3) is 0 Å². The van der Waals surface area contributed by atoms with Gasteiger partial charge in [0.2, 0.25) is 0 Å². The van der Waals surface area contributed by atoms with Crippen molar-refractivity contribution in [3.05, 3.63) is 35.3 Å². The van der Waals surface area contributed by atoms with Gasteiger partial charge in [-0.15, -0.1) is 6.58 Å². The lowest BCUT2D eigenvalue weighted by Crippen LogP contribution is -1.98. The summed E-state index contributed by atoms with van der Waals surface area (Å²) in [6.07, 6.45) is 6.50. The van der Waals surface area contributed by atoms with Gasteiger partial charge in [0.15, 0.2) is 0 Å². The van der Waals surface area contributed by atoms with Crippen LogP contribution in [-0.4, -0.2) is 13.7 Å². The second-order valence-corrected chi connectivity index (χ2v) is 4.64. The molecular formula is C14H19BrO2. The molecule has 1 aromatic carbocycles. The van der Waals surface area contributed by atoms with Crippen molar-refractivity contribution < 1.29 is 9.47 Å². The molecular weight excluding hydrogens is 280 g/mol. The number of hydrogen-bond acceptors (Lipinski definition) is 2. The normalized spacial score (nSPS) is 10.0. The van der Waals surface area contributed by atoms with Crippen LogP contribution in [0, 0.1) is 0 Å². The standard InChI is InChI=1S/C14H19BrO2/c1-3-4-5-6-7-10-17-14-9-8-12(16-2)11-13(14)15/h3,8-9,11H,1,4-7,10H2,2H3. The second-order valence-electron chi connectivity index (χ2n) is 3.78. The fourth-order valence-corrected chi connectivity index (χ4v) is 1.95. The van der Waals surface area contributed by atoms with Gasteiger partial charge in [-0.05, 0) is 59.8 Å². The lowest BCUT2D eigenvalue weighted by Gasteiger charge is -2.09. The van der Waals surface area contributed by atoms with E-state index in [4.69, 9.17) is 9.47 Å². The molecule has 0 atom stereocenters. The van der Waals surface area contributed by atoms with Gasteiger partial charge in [-0.3, -0.25) is 0 Å². The fourth-order valence-electron chi connectivity index (χ4n) is 1.48. The minimum atomic E-state index is 0.752. The maximum atomic E-state index is 5.69. The molecule has 0 aliphatic rings. The molecule has 94 valence electrons. The lowest BCUT2D eigenvalue weighted by atomic mass is 10.2. The van der Waals surface area contributed by atoms with Crippen molar-refractivity contribution in [2.45, 2.75) is 25.7 Å². The summed E-state index contributed by atoms with van der Waals surface area (Å²) in [6.45, 7) is 4.46. The molecule has 0 saturated heterocycles. The predicted octanol–water partition coefficient (Wildman–Crippen LogP) is 4.58. The number of hydrogen-bond donors (Lipinski definition) is 0. The zero-order valence-electron chi connectivity index (χ0n) is 10.2. The summed E-state index contributed by atoms with van der Waals surface area (Å²) >= 11 is 3.46. The highest BCUT2D eigenvalue weighted by Gasteiger charge is 2.02. The highest BCUT2D eigenvalue weighted by Crippen LogP contribution is 2.29. The van der Waals surface area contributed by atoms with E-state index in [-0.39, 0.29) is 0 Å². The summed E-state index contributed by atoms with van der Waals surface area (Å²) in [5.74, 6) is 1.70. The summed E-state index contributed by atoms with van der Waals surface area (Å²) in [6, 6.07) is 5.73. The molecule has 0 aromatic heterocycles. The van der Waals surface area contributed by atoms with Gasteiger partial charge >= 0.3 is 0 Å². The molecule has 0 unspecified atom stereocenters. The summed E-state index contributed by atoms with van der Waals surface area (Å²) in [4.78, 5) is 0. The van der Waals surface area contributed by atoms with E-state index in [1.807, 2.05) is 24.3 Å². The number of benzene rings is 1. The van der Waals surface area contributed by atoms with E-state index in [1.165, 1.54) is 12.8 Å². The van der Waals surface area contributed by atoms with Gasteiger partial charge in [0, 0.05) is 0 Å². The minimum absolute atomic E-state index is 0.752. The summed E-state index contributed by atoms with van der Waals surface area (Å²) in [5, 5.41) is 0. The molecule has 0 aliphatic carbocycles. The van der Waals surface area contributed by atoms with Crippen LogP contribution in [0.25, 0.3) is 0 Å². The minimum Gasteiger partial charge on any atom is -0.497 e. The Morgan fingerprint density at radius 3 is 2.76 bits per heavy atom. The Balaban J connectivity index is 2.29. The number of halogens is 1. The summed E-state index contributed by atoms with van der Waals surface area (Å²) in [7, 11) is 1.65. The Hall–Kier alpha value is -0.960. The van der Waals surface area contributed by atoms with Crippen LogP contribution in [0.1, 0.15) is 25.7 Å². The van der Waals surface area contributed by atoms with Crippen LogP contribution in [0.2, 0.25) is 0 Å². The van der Waals surface area contributed by atoms with Crippen molar-refractivity contribution in [3.8, 4) is 11.5 Å². The van der Waals surface area contributed by atoms with Crippen molar-refractivity contribution in [1.29, 1.82) is 0 Å². The summed E-state index contributed by atoms with van der Waals surface area (Å²) in [5.41, 5.74) is 0. The molecule has 0 fully saturated rings. The molecule has 2 nitrogen and oxygen atoms in total. The van der Waals surface area contributed by atoms with E-state index in [0.717, 1.165) is 35.4 Å². The van der Waals surface area contributed by atoms with Crippen LogP contribution < -0.4 is 9.47 Å². The Labute approximate surface area is 112 Å².